The van der Waals surface area contributed by atoms with Crippen LogP contribution < -0.4 is 4.74 Å². The second kappa shape index (κ2) is 8.44. The number of aromatic nitrogens is 1. The minimum absolute atomic E-state index is 0.0596. The van der Waals surface area contributed by atoms with Gasteiger partial charge in [0.1, 0.15) is 17.3 Å². The molecule has 0 radical (unpaired) electrons. The van der Waals surface area contributed by atoms with Gasteiger partial charge in [-0.05, 0) is 44.0 Å². The highest BCUT2D eigenvalue weighted by Crippen LogP contribution is 2.47. The quantitative estimate of drug-likeness (QED) is 0.332. The Morgan fingerprint density at radius 2 is 1.90 bits per heavy atom. The van der Waals surface area contributed by atoms with E-state index in [1.165, 1.54) is 6.92 Å². The molecule has 2 aromatic rings. The van der Waals surface area contributed by atoms with Crippen LogP contribution in [0.2, 0.25) is 5.02 Å². The number of carbonyl (C=O) groups is 1. The molecule has 0 saturated carbocycles. The number of rotatable bonds is 6. The van der Waals surface area contributed by atoms with E-state index >= 15 is 0 Å². The molecule has 12 heteroatoms. The van der Waals surface area contributed by atoms with Gasteiger partial charge in [0.05, 0.1) is 14.1 Å². The summed E-state index contributed by atoms with van der Waals surface area (Å²) in [5, 5.41) is 9.15. The standard InChI is InChI=1S/C17H14Br2ClF4NO4/c1-4-16(28-3,15(26)27)29-10-5-7(9(21)6-8(10)20)11-12(18)13(17(22,23)24)25(2)14(11)19/h5-6H,4H2,1-3H3,(H,26,27). The van der Waals surface area contributed by atoms with Crippen molar-refractivity contribution in [1.29, 1.82) is 0 Å². The molecule has 1 atom stereocenters. The minimum atomic E-state index is -4.71. The van der Waals surface area contributed by atoms with Crippen LogP contribution in [0.4, 0.5) is 17.6 Å². The summed E-state index contributed by atoms with van der Waals surface area (Å²) in [5.41, 5.74) is -1.48. The molecule has 0 amide bonds. The largest absolute Gasteiger partial charge is 0.476 e. The molecule has 1 N–H and O–H groups in total. The average molecular weight is 568 g/mol. The first-order valence-corrected chi connectivity index (χ1v) is 9.84. The van der Waals surface area contributed by atoms with Gasteiger partial charge in [0.15, 0.2) is 0 Å². The molecule has 2 rings (SSSR count). The third kappa shape index (κ3) is 4.28. The Hall–Kier alpha value is -1.30. The summed E-state index contributed by atoms with van der Waals surface area (Å²) in [7, 11) is 2.26. The lowest BCUT2D eigenvalue weighted by Crippen LogP contribution is -2.46. The number of carboxylic acids is 1. The van der Waals surface area contributed by atoms with E-state index in [1.807, 2.05) is 0 Å². The number of halogens is 7. The van der Waals surface area contributed by atoms with Crippen molar-refractivity contribution in [3.05, 3.63) is 37.7 Å². The molecule has 1 aromatic carbocycles. The topological polar surface area (TPSA) is 60.7 Å². The highest BCUT2D eigenvalue weighted by molar-refractivity contribution is 9.11. The zero-order valence-corrected chi connectivity index (χ0v) is 19.1. The van der Waals surface area contributed by atoms with Crippen LogP contribution in [0.25, 0.3) is 11.1 Å². The minimum Gasteiger partial charge on any atom is -0.476 e. The van der Waals surface area contributed by atoms with Crippen LogP contribution in [0.5, 0.6) is 5.75 Å². The summed E-state index contributed by atoms with van der Waals surface area (Å²) in [6, 6.07) is 1.85. The van der Waals surface area contributed by atoms with Gasteiger partial charge in [0.25, 0.3) is 0 Å². The highest BCUT2D eigenvalue weighted by Gasteiger charge is 2.42. The van der Waals surface area contributed by atoms with Crippen molar-refractivity contribution < 1.29 is 36.9 Å². The fourth-order valence-electron chi connectivity index (χ4n) is 2.68. The molecular formula is C17H14Br2ClF4NO4. The molecule has 1 heterocycles. The number of carboxylic acid groups (broad SMARTS) is 1. The van der Waals surface area contributed by atoms with Crippen LogP contribution in [-0.2, 0) is 22.8 Å². The van der Waals surface area contributed by atoms with Gasteiger partial charge in [0.2, 0.25) is 0 Å². The molecular weight excluding hydrogens is 553 g/mol. The van der Waals surface area contributed by atoms with Gasteiger partial charge < -0.3 is 19.1 Å². The van der Waals surface area contributed by atoms with Crippen LogP contribution >= 0.6 is 43.5 Å². The fraction of sp³-hybridized carbons (Fsp3) is 0.353. The highest BCUT2D eigenvalue weighted by atomic mass is 79.9. The number of benzene rings is 1. The number of methoxy groups -OCH3 is 1. The van der Waals surface area contributed by atoms with E-state index in [0.29, 0.717) is 0 Å². The molecule has 160 valence electrons. The maximum Gasteiger partial charge on any atom is 0.432 e. The maximum atomic E-state index is 14.6. The third-order valence-electron chi connectivity index (χ3n) is 4.22. The lowest BCUT2D eigenvalue weighted by atomic mass is 10.1. The van der Waals surface area contributed by atoms with E-state index in [0.717, 1.165) is 30.9 Å². The van der Waals surface area contributed by atoms with Crippen LogP contribution in [-0.4, -0.2) is 28.5 Å². The van der Waals surface area contributed by atoms with Crippen molar-refractivity contribution in [1.82, 2.24) is 4.57 Å². The smallest absolute Gasteiger partial charge is 0.432 e. The maximum absolute atomic E-state index is 14.6. The number of aliphatic carboxylic acids is 1. The molecule has 0 fully saturated rings. The van der Waals surface area contributed by atoms with Gasteiger partial charge in [-0.1, -0.05) is 18.5 Å². The van der Waals surface area contributed by atoms with E-state index in [2.05, 4.69) is 31.9 Å². The van der Waals surface area contributed by atoms with E-state index in [9.17, 15) is 27.5 Å². The van der Waals surface area contributed by atoms with Crippen LogP contribution in [0, 0.1) is 5.82 Å². The second-order valence-corrected chi connectivity index (χ2v) is 7.82. The molecule has 0 aliphatic rings. The molecule has 5 nitrogen and oxygen atoms in total. The van der Waals surface area contributed by atoms with Gasteiger partial charge in [-0.2, -0.15) is 13.2 Å². The number of hydrogen-bond acceptors (Lipinski definition) is 3. The Morgan fingerprint density at radius 1 is 1.31 bits per heavy atom. The third-order valence-corrected chi connectivity index (χ3v) is 6.21. The molecule has 1 unspecified atom stereocenters. The van der Waals surface area contributed by atoms with Gasteiger partial charge in [0, 0.05) is 31.7 Å². The first kappa shape index (κ1) is 24.0. The molecule has 0 aliphatic heterocycles. The number of nitrogens with zero attached hydrogens (tertiary/aromatic N) is 1. The summed E-state index contributed by atoms with van der Waals surface area (Å²) in [6.07, 6.45) is -4.84. The Morgan fingerprint density at radius 3 is 2.31 bits per heavy atom. The molecule has 0 bridgehead atoms. The Kier molecular flexibility index (Phi) is 6.98. The Balaban J connectivity index is 2.72. The van der Waals surface area contributed by atoms with Crippen molar-refractivity contribution in [2.75, 3.05) is 7.11 Å². The van der Waals surface area contributed by atoms with E-state index < -0.39 is 33.9 Å². The number of ether oxygens (including phenoxy) is 2. The number of alkyl halides is 3. The molecule has 0 saturated heterocycles. The van der Waals surface area contributed by atoms with E-state index in [4.69, 9.17) is 21.1 Å². The monoisotopic (exact) mass is 565 g/mol. The molecule has 29 heavy (non-hydrogen) atoms. The lowest BCUT2D eigenvalue weighted by Gasteiger charge is -2.28. The zero-order chi connectivity index (χ0) is 22.3. The van der Waals surface area contributed by atoms with Gasteiger partial charge in [-0.15, -0.1) is 0 Å². The molecule has 0 aliphatic carbocycles. The predicted molar refractivity (Wildman–Crippen MR) is 105 cm³/mol. The van der Waals surface area contributed by atoms with E-state index in [-0.39, 0.29) is 32.9 Å². The first-order valence-electron chi connectivity index (χ1n) is 7.88. The van der Waals surface area contributed by atoms with Crippen LogP contribution in [0.15, 0.2) is 21.2 Å². The zero-order valence-electron chi connectivity index (χ0n) is 15.1. The van der Waals surface area contributed by atoms with Crippen LogP contribution in [0.1, 0.15) is 19.0 Å². The van der Waals surface area contributed by atoms with Gasteiger partial charge in [-0.3, -0.25) is 0 Å². The van der Waals surface area contributed by atoms with Crippen molar-refractivity contribution in [3.63, 3.8) is 0 Å². The van der Waals surface area contributed by atoms with Crippen molar-refractivity contribution in [2.45, 2.75) is 25.3 Å². The van der Waals surface area contributed by atoms with Gasteiger partial charge >= 0.3 is 17.9 Å². The van der Waals surface area contributed by atoms with Gasteiger partial charge in [-0.25, -0.2) is 9.18 Å². The lowest BCUT2D eigenvalue weighted by molar-refractivity contribution is -0.204. The average Bonchev–Trinajstić information content (AvgIpc) is 2.83. The van der Waals surface area contributed by atoms with Crippen molar-refractivity contribution in [3.8, 4) is 16.9 Å². The van der Waals surface area contributed by atoms with Crippen molar-refractivity contribution in [2.24, 2.45) is 7.05 Å². The Labute approximate surface area is 184 Å². The summed E-state index contributed by atoms with van der Waals surface area (Å²) >= 11 is 11.9. The molecule has 0 spiro atoms. The summed E-state index contributed by atoms with van der Waals surface area (Å²) < 4.78 is 65.5. The first-order chi connectivity index (χ1) is 13.3. The molecule has 1 aromatic heterocycles. The second-order valence-electron chi connectivity index (χ2n) is 5.87. The SMILES string of the molecule is CCC(OC)(Oc1cc(-c2c(Br)c(C(F)(F)F)n(C)c2Br)c(F)cc1Cl)C(=O)O. The van der Waals surface area contributed by atoms with Crippen molar-refractivity contribution >= 4 is 49.4 Å². The predicted octanol–water partition coefficient (Wildman–Crippen LogP) is 6.24. The van der Waals surface area contributed by atoms with E-state index in [1.54, 1.807) is 0 Å². The Bertz CT molecular complexity index is 958. The normalized spacial score (nSPS) is 14.0. The summed E-state index contributed by atoms with van der Waals surface area (Å²) in [6.45, 7) is 1.48. The number of hydrogen-bond donors (Lipinski definition) is 1. The fourth-order valence-corrected chi connectivity index (χ4v) is 4.62. The van der Waals surface area contributed by atoms with Crippen LogP contribution in [0.3, 0.4) is 0 Å². The summed E-state index contributed by atoms with van der Waals surface area (Å²) in [5.74, 6) is -4.77. The summed E-state index contributed by atoms with van der Waals surface area (Å²) in [4.78, 5) is 11.6.